The predicted molar refractivity (Wildman–Crippen MR) is 132 cm³/mol. The van der Waals surface area contributed by atoms with Crippen molar-refractivity contribution in [3.05, 3.63) is 98.6 Å². The van der Waals surface area contributed by atoms with Crippen LogP contribution in [0.1, 0.15) is 48.0 Å². The first kappa shape index (κ1) is 22.0. The van der Waals surface area contributed by atoms with E-state index >= 15 is 0 Å². The van der Waals surface area contributed by atoms with Gasteiger partial charge in [0.05, 0.1) is 16.3 Å². The number of allylic oxidation sites excluding steroid dienone is 1. The van der Waals surface area contributed by atoms with E-state index < -0.39 is 11.0 Å². The molecule has 0 radical (unpaired) electrons. The van der Waals surface area contributed by atoms with E-state index in [1.54, 1.807) is 35.2 Å². The molecule has 34 heavy (non-hydrogen) atoms. The number of benzene rings is 2. The summed E-state index contributed by atoms with van der Waals surface area (Å²) in [4.78, 5) is 40.8. The minimum Gasteiger partial charge on any atom is -0.357 e. The maximum absolute atomic E-state index is 14.0. The number of para-hydroxylation sites is 2. The second kappa shape index (κ2) is 8.22. The molecule has 8 heteroatoms. The normalized spacial score (nSPS) is 19.1. The zero-order valence-electron chi connectivity index (χ0n) is 18.8. The molecule has 0 spiro atoms. The van der Waals surface area contributed by atoms with Crippen LogP contribution in [0, 0.1) is 15.5 Å². The largest absolute Gasteiger partial charge is 0.357 e. The van der Waals surface area contributed by atoms with E-state index in [4.69, 9.17) is 0 Å². The number of thiophene rings is 1. The molecule has 1 aromatic heterocycles. The number of carbonyl (C=O) groups is 2. The van der Waals surface area contributed by atoms with Gasteiger partial charge in [0.2, 0.25) is 0 Å². The third-order valence-electron chi connectivity index (χ3n) is 6.20. The van der Waals surface area contributed by atoms with E-state index in [-0.39, 0.29) is 22.1 Å². The van der Waals surface area contributed by atoms with Crippen LogP contribution in [0.5, 0.6) is 0 Å². The van der Waals surface area contributed by atoms with Gasteiger partial charge in [0, 0.05) is 34.2 Å². The van der Waals surface area contributed by atoms with Gasteiger partial charge in [-0.25, -0.2) is 0 Å². The van der Waals surface area contributed by atoms with Crippen LogP contribution in [0.25, 0.3) is 0 Å². The van der Waals surface area contributed by atoms with Gasteiger partial charge in [0.25, 0.3) is 5.91 Å². The minimum atomic E-state index is -0.777. The lowest BCUT2D eigenvalue weighted by Crippen LogP contribution is -2.39. The van der Waals surface area contributed by atoms with Crippen molar-refractivity contribution in [2.75, 3.05) is 10.2 Å². The first-order chi connectivity index (χ1) is 16.2. The fraction of sp³-hybridized carbons (Fsp3) is 0.231. The topological polar surface area (TPSA) is 92.6 Å². The van der Waals surface area contributed by atoms with Crippen molar-refractivity contribution in [2.24, 2.45) is 5.41 Å². The third kappa shape index (κ3) is 3.80. The lowest BCUT2D eigenvalue weighted by Gasteiger charge is -2.36. The Morgan fingerprint density at radius 3 is 2.47 bits per heavy atom. The molecule has 1 aliphatic heterocycles. The highest BCUT2D eigenvalue weighted by molar-refractivity contribution is 7.15. The van der Waals surface area contributed by atoms with Gasteiger partial charge in [-0.05, 0) is 42.2 Å². The Labute approximate surface area is 200 Å². The molecule has 0 saturated heterocycles. The van der Waals surface area contributed by atoms with Gasteiger partial charge in [-0.2, -0.15) is 0 Å². The number of hydrogen-bond donors (Lipinski definition) is 1. The van der Waals surface area contributed by atoms with Crippen molar-refractivity contribution in [3.8, 4) is 0 Å². The molecule has 0 bridgehead atoms. The Kier molecular flexibility index (Phi) is 5.32. The van der Waals surface area contributed by atoms with Crippen LogP contribution in [0.15, 0.2) is 78.0 Å². The van der Waals surface area contributed by atoms with E-state index in [2.05, 4.69) is 5.32 Å². The van der Waals surface area contributed by atoms with Crippen LogP contribution in [-0.4, -0.2) is 16.6 Å². The van der Waals surface area contributed by atoms with Crippen LogP contribution in [0.3, 0.4) is 0 Å². The summed E-state index contributed by atoms with van der Waals surface area (Å²) in [7, 11) is 0. The van der Waals surface area contributed by atoms with Crippen molar-refractivity contribution in [3.63, 3.8) is 0 Å². The number of nitrogens with zero attached hydrogens (tertiary/aromatic N) is 2. The van der Waals surface area contributed by atoms with Gasteiger partial charge in [0.1, 0.15) is 6.04 Å². The molecular weight excluding hydrogens is 450 g/mol. The highest BCUT2D eigenvalue weighted by Gasteiger charge is 2.44. The molecule has 3 aromatic rings. The minimum absolute atomic E-state index is 0.0293. The van der Waals surface area contributed by atoms with Crippen molar-refractivity contribution in [2.45, 2.75) is 32.7 Å². The molecule has 1 amide bonds. The highest BCUT2D eigenvalue weighted by Crippen LogP contribution is 2.50. The number of amides is 1. The Bertz CT molecular complexity index is 1340. The lowest BCUT2D eigenvalue weighted by molar-refractivity contribution is -0.380. The third-order valence-corrected chi connectivity index (χ3v) is 7.29. The van der Waals surface area contributed by atoms with Gasteiger partial charge in [-0.15, -0.1) is 0 Å². The van der Waals surface area contributed by atoms with Crippen molar-refractivity contribution in [1.29, 1.82) is 0 Å². The maximum atomic E-state index is 14.0. The van der Waals surface area contributed by atoms with Crippen LogP contribution in [0.2, 0.25) is 0 Å². The number of Topliss-reactive ketones (excluding diaryl/α,β-unsaturated/α-hetero) is 1. The average molecular weight is 474 g/mol. The molecule has 0 saturated carbocycles. The molecule has 1 aliphatic carbocycles. The fourth-order valence-corrected chi connectivity index (χ4v) is 5.71. The summed E-state index contributed by atoms with van der Waals surface area (Å²) in [6.45, 7) is 4.09. The molecule has 7 nitrogen and oxygen atoms in total. The quantitative estimate of drug-likeness (QED) is 0.366. The molecule has 0 fully saturated rings. The van der Waals surface area contributed by atoms with E-state index in [0.717, 1.165) is 22.7 Å². The van der Waals surface area contributed by atoms with E-state index in [1.165, 1.54) is 6.07 Å². The van der Waals surface area contributed by atoms with Crippen LogP contribution < -0.4 is 10.2 Å². The second-order valence-electron chi connectivity index (χ2n) is 9.35. The number of anilines is 2. The first-order valence-electron chi connectivity index (χ1n) is 11.0. The van der Waals surface area contributed by atoms with Gasteiger partial charge in [0.15, 0.2) is 5.78 Å². The van der Waals surface area contributed by atoms with Gasteiger partial charge < -0.3 is 5.32 Å². The van der Waals surface area contributed by atoms with Crippen molar-refractivity contribution < 1.29 is 14.5 Å². The van der Waals surface area contributed by atoms with Crippen molar-refractivity contribution in [1.82, 2.24) is 0 Å². The Morgan fingerprint density at radius 1 is 1.06 bits per heavy atom. The predicted octanol–water partition coefficient (Wildman–Crippen LogP) is 6.11. The number of carbonyl (C=O) groups excluding carboxylic acids is 2. The molecule has 1 atom stereocenters. The molecule has 2 aromatic carbocycles. The van der Waals surface area contributed by atoms with Crippen molar-refractivity contribution >= 4 is 39.4 Å². The monoisotopic (exact) mass is 473 g/mol. The molecule has 1 unspecified atom stereocenters. The standard InChI is InChI=1S/C26H23N3O4S/c1-26(2)14-18-23(20(30)15-26)24(21-12-13-22(34-21)29(32)33)28(19-11-7-6-10-17(19)27-18)25(31)16-8-4-3-5-9-16/h3-13,24,27H,14-15H2,1-2H3. The number of ketones is 1. The Hall–Kier alpha value is -3.78. The zero-order chi connectivity index (χ0) is 24.0. The molecule has 172 valence electrons. The summed E-state index contributed by atoms with van der Waals surface area (Å²) in [5.41, 5.74) is 2.83. The number of nitrogens with one attached hydrogen (secondary N) is 1. The number of rotatable bonds is 3. The summed E-state index contributed by atoms with van der Waals surface area (Å²) >= 11 is 0.998. The van der Waals surface area contributed by atoms with E-state index in [1.807, 2.05) is 44.2 Å². The van der Waals surface area contributed by atoms with E-state index in [9.17, 15) is 19.7 Å². The SMILES string of the molecule is CC1(C)CC(=O)C2=C(C1)Nc1ccccc1N(C(=O)c1ccccc1)C2c1ccc([N+](=O)[O-])s1. The van der Waals surface area contributed by atoms with E-state index in [0.29, 0.717) is 34.5 Å². The summed E-state index contributed by atoms with van der Waals surface area (Å²) in [5, 5.41) is 14.9. The highest BCUT2D eigenvalue weighted by atomic mass is 32.1. The number of fused-ring (bicyclic) bond motifs is 1. The summed E-state index contributed by atoms with van der Waals surface area (Å²) in [6.07, 6.45) is 0.959. The van der Waals surface area contributed by atoms with Gasteiger partial charge >= 0.3 is 5.00 Å². The molecule has 2 aliphatic rings. The van der Waals surface area contributed by atoms with Crippen LogP contribution >= 0.6 is 11.3 Å². The molecule has 5 rings (SSSR count). The average Bonchev–Trinajstić information content (AvgIpc) is 3.23. The van der Waals surface area contributed by atoms with Gasteiger partial charge in [-0.3, -0.25) is 24.6 Å². The lowest BCUT2D eigenvalue weighted by atomic mass is 9.74. The Morgan fingerprint density at radius 2 is 1.76 bits per heavy atom. The summed E-state index contributed by atoms with van der Waals surface area (Å²) in [5.74, 6) is -0.333. The maximum Gasteiger partial charge on any atom is 0.324 e. The fourth-order valence-electron chi connectivity index (χ4n) is 4.79. The first-order valence-corrected chi connectivity index (χ1v) is 11.8. The summed E-state index contributed by atoms with van der Waals surface area (Å²) in [6, 6.07) is 18.7. The van der Waals surface area contributed by atoms with Gasteiger partial charge in [-0.1, -0.05) is 55.5 Å². The summed E-state index contributed by atoms with van der Waals surface area (Å²) < 4.78 is 0. The smallest absolute Gasteiger partial charge is 0.324 e. The molecular formula is C26H23N3O4S. The number of hydrogen-bond acceptors (Lipinski definition) is 6. The Balaban J connectivity index is 1.79. The zero-order valence-corrected chi connectivity index (χ0v) is 19.6. The van der Waals surface area contributed by atoms with Crippen LogP contribution in [-0.2, 0) is 4.79 Å². The molecule has 2 heterocycles. The second-order valence-corrected chi connectivity index (χ2v) is 10.4. The van der Waals surface area contributed by atoms with Crippen LogP contribution in [0.4, 0.5) is 16.4 Å². The molecule has 1 N–H and O–H groups in total. The number of nitro groups is 1.